The van der Waals surface area contributed by atoms with Crippen LogP contribution in [0.15, 0.2) is 78.4 Å². The number of ether oxygens (including phenoxy) is 1. The van der Waals surface area contributed by atoms with E-state index in [0.717, 1.165) is 23.1 Å². The third-order valence-electron chi connectivity index (χ3n) is 5.06. The molecule has 0 spiro atoms. The Morgan fingerprint density at radius 3 is 2.32 bits per heavy atom. The number of aliphatic hydroxyl groups excluding tert-OH is 1. The van der Waals surface area contributed by atoms with E-state index >= 15 is 0 Å². The number of nitrogens with zero attached hydrogens (tertiary/aromatic N) is 1. The molecule has 1 aliphatic rings. The second-order valence-corrected chi connectivity index (χ2v) is 6.90. The lowest BCUT2D eigenvalue weighted by Crippen LogP contribution is -2.29. The highest BCUT2D eigenvalue weighted by Gasteiger charge is 2.47. The van der Waals surface area contributed by atoms with Gasteiger partial charge in [-0.15, -0.1) is 0 Å². The molecule has 0 bridgehead atoms. The van der Waals surface area contributed by atoms with Crippen molar-refractivity contribution in [2.75, 3.05) is 12.0 Å². The SMILES string of the molecule is COc1ccc(F)cc1/C(O)=C1\C(=O)C(=O)N(c2cccc(F)c2)C1c1ccccc1. The van der Waals surface area contributed by atoms with Crippen molar-refractivity contribution < 1.29 is 28.2 Å². The van der Waals surface area contributed by atoms with Crippen molar-refractivity contribution in [1.82, 2.24) is 0 Å². The van der Waals surface area contributed by atoms with E-state index in [0.29, 0.717) is 5.56 Å². The van der Waals surface area contributed by atoms with Crippen LogP contribution in [0.2, 0.25) is 0 Å². The van der Waals surface area contributed by atoms with Crippen LogP contribution in [0.5, 0.6) is 5.75 Å². The first-order chi connectivity index (χ1) is 14.9. The topological polar surface area (TPSA) is 66.8 Å². The third kappa shape index (κ3) is 3.54. The second-order valence-electron chi connectivity index (χ2n) is 6.90. The first-order valence-electron chi connectivity index (χ1n) is 9.38. The fraction of sp³-hybridized carbons (Fsp3) is 0.0833. The van der Waals surface area contributed by atoms with Gasteiger partial charge in [0.2, 0.25) is 0 Å². The maximum atomic E-state index is 13.9. The number of anilines is 1. The van der Waals surface area contributed by atoms with Crippen molar-refractivity contribution in [3.63, 3.8) is 0 Å². The molecule has 4 rings (SSSR count). The number of halogens is 2. The molecule has 31 heavy (non-hydrogen) atoms. The number of methoxy groups -OCH3 is 1. The van der Waals surface area contributed by atoms with Crippen LogP contribution in [0.3, 0.4) is 0 Å². The summed E-state index contributed by atoms with van der Waals surface area (Å²) in [5, 5.41) is 11.1. The molecule has 0 aliphatic carbocycles. The van der Waals surface area contributed by atoms with Gasteiger partial charge in [0.1, 0.15) is 23.1 Å². The summed E-state index contributed by atoms with van der Waals surface area (Å²) in [4.78, 5) is 27.1. The highest BCUT2D eigenvalue weighted by molar-refractivity contribution is 6.51. The molecule has 1 aliphatic heterocycles. The zero-order valence-electron chi connectivity index (χ0n) is 16.4. The van der Waals surface area contributed by atoms with Crippen LogP contribution in [0, 0.1) is 11.6 Å². The Morgan fingerprint density at radius 2 is 1.65 bits per heavy atom. The minimum absolute atomic E-state index is 0.0688. The molecule has 1 heterocycles. The van der Waals surface area contributed by atoms with Crippen LogP contribution >= 0.6 is 0 Å². The largest absolute Gasteiger partial charge is 0.507 e. The Bertz CT molecular complexity index is 1210. The van der Waals surface area contributed by atoms with Crippen molar-refractivity contribution >= 4 is 23.1 Å². The molecule has 0 saturated carbocycles. The number of carbonyl (C=O) groups is 2. The first-order valence-corrected chi connectivity index (χ1v) is 9.38. The monoisotopic (exact) mass is 421 g/mol. The van der Waals surface area contributed by atoms with Crippen LogP contribution in [0.25, 0.3) is 5.76 Å². The quantitative estimate of drug-likeness (QED) is 0.380. The van der Waals surface area contributed by atoms with Gasteiger partial charge < -0.3 is 9.84 Å². The molecule has 0 aromatic heterocycles. The van der Waals surface area contributed by atoms with Crippen LogP contribution in [0.4, 0.5) is 14.5 Å². The summed E-state index contributed by atoms with van der Waals surface area (Å²) in [6.45, 7) is 0. The van der Waals surface area contributed by atoms with Gasteiger partial charge in [0.15, 0.2) is 0 Å². The Balaban J connectivity index is 1.99. The Kier molecular flexibility index (Phi) is 5.25. The molecule has 1 amide bonds. The van der Waals surface area contributed by atoms with E-state index in [1.165, 1.54) is 31.4 Å². The molecule has 1 N–H and O–H groups in total. The molecule has 5 nitrogen and oxygen atoms in total. The van der Waals surface area contributed by atoms with Crippen LogP contribution in [0.1, 0.15) is 17.2 Å². The molecular weight excluding hydrogens is 404 g/mol. The summed E-state index contributed by atoms with van der Waals surface area (Å²) in [5.74, 6) is -3.60. The molecule has 0 radical (unpaired) electrons. The number of hydrogen-bond acceptors (Lipinski definition) is 4. The van der Waals surface area contributed by atoms with Crippen molar-refractivity contribution in [2.45, 2.75) is 6.04 Å². The van der Waals surface area contributed by atoms with Gasteiger partial charge in [-0.3, -0.25) is 14.5 Å². The predicted molar refractivity (Wildman–Crippen MR) is 111 cm³/mol. The number of hydrogen-bond donors (Lipinski definition) is 1. The van der Waals surface area contributed by atoms with E-state index in [-0.39, 0.29) is 22.6 Å². The summed E-state index contributed by atoms with van der Waals surface area (Å²) in [7, 11) is 1.34. The van der Waals surface area contributed by atoms with Crippen LogP contribution in [-0.2, 0) is 9.59 Å². The van der Waals surface area contributed by atoms with Gasteiger partial charge in [0.05, 0.1) is 24.3 Å². The fourth-order valence-electron chi connectivity index (χ4n) is 3.69. The van der Waals surface area contributed by atoms with Gasteiger partial charge in [0.25, 0.3) is 11.7 Å². The first kappa shape index (κ1) is 20.3. The van der Waals surface area contributed by atoms with Gasteiger partial charge in [-0.05, 0) is 42.0 Å². The summed E-state index contributed by atoms with van der Waals surface area (Å²) in [5.41, 5.74) is 0.356. The lowest BCUT2D eigenvalue weighted by atomic mass is 9.95. The molecule has 3 aromatic carbocycles. The maximum Gasteiger partial charge on any atom is 0.300 e. The molecule has 1 fully saturated rings. The minimum atomic E-state index is -1.05. The summed E-state index contributed by atoms with van der Waals surface area (Å²) in [6, 6.07) is 16.2. The van der Waals surface area contributed by atoms with Gasteiger partial charge >= 0.3 is 0 Å². The minimum Gasteiger partial charge on any atom is -0.507 e. The predicted octanol–water partition coefficient (Wildman–Crippen LogP) is 4.60. The Hall–Kier alpha value is -4.00. The van der Waals surface area contributed by atoms with Gasteiger partial charge in [-0.2, -0.15) is 0 Å². The normalized spacial score (nSPS) is 17.8. The Morgan fingerprint density at radius 1 is 0.935 bits per heavy atom. The van der Waals surface area contributed by atoms with Crippen molar-refractivity contribution in [1.29, 1.82) is 0 Å². The van der Waals surface area contributed by atoms with Gasteiger partial charge in [-0.1, -0.05) is 36.4 Å². The summed E-state index contributed by atoms with van der Waals surface area (Å²) in [6.07, 6.45) is 0. The van der Waals surface area contributed by atoms with E-state index < -0.39 is 35.1 Å². The molecule has 3 aromatic rings. The van der Waals surface area contributed by atoms with Crippen molar-refractivity contribution in [3.05, 3.63) is 101 Å². The second kappa shape index (κ2) is 8.02. The van der Waals surface area contributed by atoms with Crippen molar-refractivity contribution in [3.8, 4) is 5.75 Å². The average Bonchev–Trinajstić information content (AvgIpc) is 3.04. The zero-order chi connectivity index (χ0) is 22.1. The molecule has 156 valence electrons. The fourth-order valence-corrected chi connectivity index (χ4v) is 3.69. The lowest BCUT2D eigenvalue weighted by molar-refractivity contribution is -0.132. The molecular formula is C24H17F2NO4. The molecule has 7 heteroatoms. The number of aliphatic hydroxyl groups is 1. The number of carbonyl (C=O) groups excluding carboxylic acids is 2. The van der Waals surface area contributed by atoms with E-state index in [1.54, 1.807) is 30.3 Å². The van der Waals surface area contributed by atoms with Crippen LogP contribution in [-0.4, -0.2) is 23.9 Å². The summed E-state index contributed by atoms with van der Waals surface area (Å²) < 4.78 is 33.0. The van der Waals surface area contributed by atoms with E-state index in [4.69, 9.17) is 4.74 Å². The van der Waals surface area contributed by atoms with E-state index in [1.807, 2.05) is 0 Å². The summed E-state index contributed by atoms with van der Waals surface area (Å²) >= 11 is 0. The smallest absolute Gasteiger partial charge is 0.300 e. The zero-order valence-corrected chi connectivity index (χ0v) is 16.4. The highest BCUT2D eigenvalue weighted by atomic mass is 19.1. The number of amides is 1. The molecule has 1 unspecified atom stereocenters. The maximum absolute atomic E-state index is 13.9. The number of benzene rings is 3. The number of ketones is 1. The third-order valence-corrected chi connectivity index (χ3v) is 5.06. The standard InChI is InChI=1S/C24H17F2NO4/c1-31-19-11-10-16(26)13-18(19)22(28)20-21(14-6-3-2-4-7-14)27(24(30)23(20)29)17-9-5-8-15(25)12-17/h2-13,21,28H,1H3/b22-20+. The van der Waals surface area contributed by atoms with Gasteiger partial charge in [0, 0.05) is 5.69 Å². The van der Waals surface area contributed by atoms with Crippen molar-refractivity contribution in [2.24, 2.45) is 0 Å². The number of Topliss-reactive ketones (excluding diaryl/α,β-unsaturated/α-hetero) is 1. The van der Waals surface area contributed by atoms with Gasteiger partial charge in [-0.25, -0.2) is 8.78 Å². The lowest BCUT2D eigenvalue weighted by Gasteiger charge is -2.25. The number of rotatable bonds is 4. The Labute approximate surface area is 176 Å². The van der Waals surface area contributed by atoms with E-state index in [2.05, 4.69) is 0 Å². The van der Waals surface area contributed by atoms with E-state index in [9.17, 15) is 23.5 Å². The highest BCUT2D eigenvalue weighted by Crippen LogP contribution is 2.43. The molecule has 1 atom stereocenters. The van der Waals surface area contributed by atoms with Crippen LogP contribution < -0.4 is 9.64 Å². The molecule has 1 saturated heterocycles. The average molecular weight is 421 g/mol.